The third-order valence-corrected chi connectivity index (χ3v) is 8.25. The summed E-state index contributed by atoms with van der Waals surface area (Å²) in [6, 6.07) is 20.0. The molecule has 0 aliphatic heterocycles. The number of sulfonamides is 1. The first-order valence-electron chi connectivity index (χ1n) is 13.5. The molecule has 2 amide bonds. The zero-order valence-corrected chi connectivity index (χ0v) is 26.1. The van der Waals surface area contributed by atoms with E-state index in [1.165, 1.54) is 25.2 Å². The van der Waals surface area contributed by atoms with Crippen molar-refractivity contribution in [2.45, 2.75) is 45.3 Å². The molecule has 0 aliphatic carbocycles. The van der Waals surface area contributed by atoms with Crippen LogP contribution >= 0.6 is 11.6 Å². The van der Waals surface area contributed by atoms with E-state index in [0.717, 1.165) is 21.7 Å². The topological polar surface area (TPSA) is 105 Å². The fourth-order valence-corrected chi connectivity index (χ4v) is 5.34. The Hall–Kier alpha value is -3.76. The third kappa shape index (κ3) is 8.87. The fraction of sp³-hybridized carbons (Fsp3) is 0.355. The second-order valence-electron chi connectivity index (χ2n) is 9.98. The van der Waals surface area contributed by atoms with Crippen LogP contribution in [-0.2, 0) is 32.6 Å². The molecule has 3 aromatic carbocycles. The monoisotopic (exact) mass is 615 g/mol. The van der Waals surface area contributed by atoms with E-state index in [1.807, 2.05) is 44.2 Å². The minimum Gasteiger partial charge on any atom is -0.497 e. The number of anilines is 1. The number of ether oxygens (including phenoxy) is 2. The number of carbonyl (C=O) groups excluding carboxylic acids is 2. The summed E-state index contributed by atoms with van der Waals surface area (Å²) < 4.78 is 37.9. The van der Waals surface area contributed by atoms with Gasteiger partial charge in [-0.05, 0) is 48.7 Å². The summed E-state index contributed by atoms with van der Waals surface area (Å²) in [6.07, 6.45) is 1.94. The quantitative estimate of drug-likeness (QED) is 0.282. The highest BCUT2D eigenvalue weighted by atomic mass is 35.5. The number of hydrogen-bond acceptors (Lipinski definition) is 6. The van der Waals surface area contributed by atoms with Crippen molar-refractivity contribution < 1.29 is 27.5 Å². The van der Waals surface area contributed by atoms with E-state index in [-0.39, 0.29) is 36.4 Å². The van der Waals surface area contributed by atoms with E-state index in [9.17, 15) is 18.0 Å². The van der Waals surface area contributed by atoms with Crippen molar-refractivity contribution in [3.05, 3.63) is 88.9 Å². The van der Waals surface area contributed by atoms with Crippen molar-refractivity contribution in [1.29, 1.82) is 0 Å². The van der Waals surface area contributed by atoms with Crippen LogP contribution in [0.5, 0.6) is 11.5 Å². The number of hydrogen-bond donors (Lipinski definition) is 1. The first kappa shape index (κ1) is 32.8. The SMILES string of the molecule is CC[C@@H](C)NC(=O)[C@H](Cc1ccccc1)N(Cc1ccc(Cl)cc1)C(=O)CN(c1cc(OC)ccc1OC)S(C)(=O)=O. The number of nitrogens with one attached hydrogen (secondary N) is 1. The van der Waals surface area contributed by atoms with Gasteiger partial charge in [0.2, 0.25) is 21.8 Å². The predicted molar refractivity (Wildman–Crippen MR) is 166 cm³/mol. The van der Waals surface area contributed by atoms with Crippen LogP contribution in [0.1, 0.15) is 31.4 Å². The molecule has 3 rings (SSSR count). The normalized spacial score (nSPS) is 12.6. The van der Waals surface area contributed by atoms with Crippen LogP contribution < -0.4 is 19.1 Å². The van der Waals surface area contributed by atoms with Crippen molar-refractivity contribution in [2.75, 3.05) is 31.3 Å². The number of carbonyl (C=O) groups is 2. The van der Waals surface area contributed by atoms with E-state index >= 15 is 0 Å². The number of methoxy groups -OCH3 is 2. The van der Waals surface area contributed by atoms with Gasteiger partial charge in [-0.1, -0.05) is 61.0 Å². The van der Waals surface area contributed by atoms with Crippen LogP contribution in [0, 0.1) is 0 Å². The molecule has 0 saturated heterocycles. The molecule has 0 heterocycles. The molecule has 3 aromatic rings. The molecule has 11 heteroatoms. The number of nitrogens with zero attached hydrogens (tertiary/aromatic N) is 2. The van der Waals surface area contributed by atoms with Crippen LogP contribution in [-0.4, -0.2) is 64.2 Å². The summed E-state index contributed by atoms with van der Waals surface area (Å²) in [7, 11) is -1.11. The lowest BCUT2D eigenvalue weighted by Gasteiger charge is -2.34. The molecule has 0 aliphatic rings. The average molecular weight is 616 g/mol. The van der Waals surface area contributed by atoms with Gasteiger partial charge < -0.3 is 19.7 Å². The molecule has 0 bridgehead atoms. The summed E-state index contributed by atoms with van der Waals surface area (Å²) in [4.78, 5) is 29.4. The Morgan fingerprint density at radius 1 is 0.952 bits per heavy atom. The van der Waals surface area contributed by atoms with Gasteiger partial charge in [0.05, 0.1) is 26.2 Å². The molecule has 0 radical (unpaired) electrons. The van der Waals surface area contributed by atoms with E-state index < -0.39 is 28.5 Å². The van der Waals surface area contributed by atoms with Crippen LogP contribution in [0.3, 0.4) is 0 Å². The predicted octanol–water partition coefficient (Wildman–Crippen LogP) is 4.68. The molecule has 1 N–H and O–H groups in total. The first-order chi connectivity index (χ1) is 20.0. The maximum absolute atomic E-state index is 14.2. The molecule has 0 saturated carbocycles. The van der Waals surface area contributed by atoms with Crippen LogP contribution in [0.25, 0.3) is 0 Å². The standard InChI is InChI=1S/C31H38ClN3O6S/c1-6-22(2)33-31(37)28(18-23-10-8-7-9-11-23)34(20-24-12-14-25(32)15-13-24)30(36)21-35(42(5,38)39)27-19-26(40-3)16-17-29(27)41-4/h7-17,19,22,28H,6,18,20-21H2,1-5H3,(H,33,37)/t22-,28+/m1/s1. The van der Waals surface area contributed by atoms with Gasteiger partial charge in [0.1, 0.15) is 24.1 Å². The van der Waals surface area contributed by atoms with Crippen LogP contribution in [0.15, 0.2) is 72.8 Å². The number of halogens is 1. The minimum absolute atomic E-state index is 0.0499. The second kappa shape index (κ2) is 14.9. The minimum atomic E-state index is -3.98. The number of benzene rings is 3. The zero-order chi connectivity index (χ0) is 30.9. The molecular formula is C31H38ClN3O6S. The highest BCUT2D eigenvalue weighted by molar-refractivity contribution is 7.92. The zero-order valence-electron chi connectivity index (χ0n) is 24.5. The number of rotatable bonds is 14. The molecule has 0 unspecified atom stereocenters. The molecule has 0 spiro atoms. The smallest absolute Gasteiger partial charge is 0.244 e. The van der Waals surface area contributed by atoms with Crippen molar-refractivity contribution in [1.82, 2.24) is 10.2 Å². The average Bonchev–Trinajstić information content (AvgIpc) is 2.97. The lowest BCUT2D eigenvalue weighted by Crippen LogP contribution is -2.54. The summed E-state index contributed by atoms with van der Waals surface area (Å²) in [5.74, 6) is -0.269. The van der Waals surface area contributed by atoms with E-state index in [2.05, 4.69) is 5.32 Å². The third-order valence-electron chi connectivity index (χ3n) is 6.87. The Labute approximate surface area is 253 Å². The van der Waals surface area contributed by atoms with Gasteiger partial charge in [0, 0.05) is 30.1 Å². The van der Waals surface area contributed by atoms with Gasteiger partial charge in [0.15, 0.2) is 0 Å². The molecule has 2 atom stereocenters. The molecule has 9 nitrogen and oxygen atoms in total. The Bertz CT molecular complexity index is 1450. The summed E-state index contributed by atoms with van der Waals surface area (Å²) >= 11 is 6.10. The van der Waals surface area contributed by atoms with Gasteiger partial charge in [-0.25, -0.2) is 8.42 Å². The first-order valence-corrected chi connectivity index (χ1v) is 15.8. The fourth-order valence-electron chi connectivity index (χ4n) is 4.37. The molecule has 0 aromatic heterocycles. The Morgan fingerprint density at radius 3 is 2.19 bits per heavy atom. The highest BCUT2D eigenvalue weighted by Gasteiger charge is 2.34. The van der Waals surface area contributed by atoms with Gasteiger partial charge in [-0.15, -0.1) is 0 Å². The maximum atomic E-state index is 14.2. The van der Waals surface area contributed by atoms with E-state index in [1.54, 1.807) is 36.4 Å². The van der Waals surface area contributed by atoms with Crippen molar-refractivity contribution in [3.8, 4) is 11.5 Å². The lowest BCUT2D eigenvalue weighted by molar-refractivity contribution is -0.140. The van der Waals surface area contributed by atoms with Crippen molar-refractivity contribution in [2.24, 2.45) is 0 Å². The van der Waals surface area contributed by atoms with E-state index in [0.29, 0.717) is 17.2 Å². The van der Waals surface area contributed by atoms with Crippen LogP contribution in [0.4, 0.5) is 5.69 Å². The van der Waals surface area contributed by atoms with E-state index in [4.69, 9.17) is 21.1 Å². The Kier molecular flexibility index (Phi) is 11.6. The largest absolute Gasteiger partial charge is 0.497 e. The summed E-state index contributed by atoms with van der Waals surface area (Å²) in [5.41, 5.74) is 1.72. The molecule has 226 valence electrons. The Morgan fingerprint density at radius 2 is 1.62 bits per heavy atom. The molecule has 42 heavy (non-hydrogen) atoms. The maximum Gasteiger partial charge on any atom is 0.244 e. The summed E-state index contributed by atoms with van der Waals surface area (Å²) in [5, 5.41) is 3.53. The van der Waals surface area contributed by atoms with Crippen molar-refractivity contribution in [3.63, 3.8) is 0 Å². The highest BCUT2D eigenvalue weighted by Crippen LogP contribution is 2.34. The second-order valence-corrected chi connectivity index (χ2v) is 12.3. The van der Waals surface area contributed by atoms with Crippen molar-refractivity contribution >= 4 is 39.1 Å². The lowest BCUT2D eigenvalue weighted by atomic mass is 10.0. The van der Waals surface area contributed by atoms with Gasteiger partial charge in [-0.2, -0.15) is 0 Å². The Balaban J connectivity index is 2.11. The number of amides is 2. The van der Waals surface area contributed by atoms with Crippen LogP contribution in [0.2, 0.25) is 5.02 Å². The molecular weight excluding hydrogens is 578 g/mol. The molecule has 0 fully saturated rings. The van der Waals surface area contributed by atoms with Gasteiger partial charge >= 0.3 is 0 Å². The van der Waals surface area contributed by atoms with Gasteiger partial charge in [-0.3, -0.25) is 13.9 Å². The summed E-state index contributed by atoms with van der Waals surface area (Å²) in [6.45, 7) is 3.33. The van der Waals surface area contributed by atoms with Gasteiger partial charge in [0.25, 0.3) is 0 Å².